The third-order valence-electron chi connectivity index (χ3n) is 2.30. The maximum Gasteiger partial charge on any atom is 0.234 e. The largest absolute Gasteiger partial charge is 0.493 e. The highest BCUT2D eigenvalue weighted by atomic mass is 32.2. The van der Waals surface area contributed by atoms with Crippen molar-refractivity contribution in [3.05, 3.63) is 24.3 Å². The first kappa shape index (κ1) is 14.5. The molecule has 1 aromatic rings. The van der Waals surface area contributed by atoms with Gasteiger partial charge in [-0.3, -0.25) is 4.79 Å². The maximum absolute atomic E-state index is 11.3. The van der Waals surface area contributed by atoms with E-state index in [2.05, 4.69) is 0 Å². The zero-order valence-electron chi connectivity index (χ0n) is 10.00. The normalized spacial score (nSPS) is 13.0. The lowest BCUT2D eigenvalue weighted by Crippen LogP contribution is -2.37. The SMILES string of the molecule is CS(=O)(=O)c1cccc(OCCC(N)C(N)=O)c1. The zero-order valence-corrected chi connectivity index (χ0v) is 10.8. The standard InChI is InChI=1S/C11H16N2O4S/c1-18(15,16)9-4-2-3-8(7-9)17-6-5-10(12)11(13)14/h2-4,7,10H,5-6,12H2,1H3,(H2,13,14). The van der Waals surface area contributed by atoms with Crippen LogP contribution in [-0.2, 0) is 14.6 Å². The minimum absolute atomic E-state index is 0.180. The molecule has 1 amide bonds. The number of ether oxygens (including phenoxy) is 1. The summed E-state index contributed by atoms with van der Waals surface area (Å²) >= 11 is 0. The van der Waals surface area contributed by atoms with Crippen LogP contribution >= 0.6 is 0 Å². The van der Waals surface area contributed by atoms with Crippen LogP contribution in [0.25, 0.3) is 0 Å². The number of rotatable bonds is 6. The first-order chi connectivity index (χ1) is 8.30. The molecule has 0 saturated heterocycles. The number of benzene rings is 1. The van der Waals surface area contributed by atoms with Gasteiger partial charge >= 0.3 is 0 Å². The molecule has 1 unspecified atom stereocenters. The van der Waals surface area contributed by atoms with Crippen molar-refractivity contribution in [1.29, 1.82) is 0 Å². The highest BCUT2D eigenvalue weighted by Gasteiger charge is 2.10. The second-order valence-corrected chi connectivity index (χ2v) is 5.91. The fourth-order valence-corrected chi connectivity index (χ4v) is 1.90. The smallest absolute Gasteiger partial charge is 0.234 e. The number of hydrogen-bond acceptors (Lipinski definition) is 5. The second kappa shape index (κ2) is 5.83. The first-order valence-corrected chi connectivity index (χ1v) is 7.17. The van der Waals surface area contributed by atoms with Crippen molar-refractivity contribution >= 4 is 15.7 Å². The van der Waals surface area contributed by atoms with Gasteiger partial charge in [0.15, 0.2) is 9.84 Å². The Morgan fingerprint density at radius 2 is 2.11 bits per heavy atom. The van der Waals surface area contributed by atoms with E-state index in [0.29, 0.717) is 5.75 Å². The third-order valence-corrected chi connectivity index (χ3v) is 3.41. The summed E-state index contributed by atoms with van der Waals surface area (Å²) in [6.07, 6.45) is 1.40. The van der Waals surface area contributed by atoms with Gasteiger partial charge in [0.05, 0.1) is 17.5 Å². The zero-order chi connectivity index (χ0) is 13.8. The second-order valence-electron chi connectivity index (χ2n) is 3.89. The molecule has 18 heavy (non-hydrogen) atoms. The van der Waals surface area contributed by atoms with Crippen LogP contribution in [0.4, 0.5) is 0 Å². The summed E-state index contributed by atoms with van der Waals surface area (Å²) in [6.45, 7) is 0.192. The molecule has 1 aromatic carbocycles. The molecule has 0 aliphatic rings. The minimum Gasteiger partial charge on any atom is -0.493 e. The van der Waals surface area contributed by atoms with Crippen molar-refractivity contribution in [2.24, 2.45) is 11.5 Å². The molecule has 0 heterocycles. The molecule has 4 N–H and O–H groups in total. The molecule has 7 heteroatoms. The summed E-state index contributed by atoms with van der Waals surface area (Å²) in [7, 11) is -3.26. The van der Waals surface area contributed by atoms with E-state index < -0.39 is 21.8 Å². The Morgan fingerprint density at radius 3 is 2.67 bits per heavy atom. The fourth-order valence-electron chi connectivity index (χ4n) is 1.24. The van der Waals surface area contributed by atoms with Crippen LogP contribution in [0.15, 0.2) is 29.2 Å². The van der Waals surface area contributed by atoms with Gasteiger partial charge in [-0.05, 0) is 18.2 Å². The van der Waals surface area contributed by atoms with Gasteiger partial charge in [-0.25, -0.2) is 8.42 Å². The molecule has 6 nitrogen and oxygen atoms in total. The molecule has 100 valence electrons. The van der Waals surface area contributed by atoms with Crippen LogP contribution in [-0.4, -0.2) is 33.2 Å². The average Bonchev–Trinajstić information content (AvgIpc) is 2.28. The van der Waals surface area contributed by atoms with Gasteiger partial charge in [-0.2, -0.15) is 0 Å². The van der Waals surface area contributed by atoms with Gasteiger partial charge in [0.25, 0.3) is 0 Å². The quantitative estimate of drug-likeness (QED) is 0.736. The Hall–Kier alpha value is -1.60. The number of nitrogens with two attached hydrogens (primary N) is 2. The maximum atomic E-state index is 11.3. The van der Waals surface area contributed by atoms with Gasteiger partial charge in [0.2, 0.25) is 5.91 Å². The van der Waals surface area contributed by atoms with Crippen molar-refractivity contribution in [1.82, 2.24) is 0 Å². The average molecular weight is 272 g/mol. The number of primary amides is 1. The van der Waals surface area contributed by atoms with E-state index in [1.165, 1.54) is 12.1 Å². The Bertz CT molecular complexity index is 528. The van der Waals surface area contributed by atoms with Gasteiger partial charge < -0.3 is 16.2 Å². The van der Waals surface area contributed by atoms with Crippen LogP contribution in [0.3, 0.4) is 0 Å². The van der Waals surface area contributed by atoms with Crippen LogP contribution < -0.4 is 16.2 Å². The molecule has 0 spiro atoms. The van der Waals surface area contributed by atoms with E-state index in [-0.39, 0.29) is 17.9 Å². The number of carbonyl (C=O) groups excluding carboxylic acids is 1. The molecule has 0 fully saturated rings. The number of amides is 1. The Balaban J connectivity index is 2.61. The lowest BCUT2D eigenvalue weighted by molar-refractivity contribution is -0.119. The van der Waals surface area contributed by atoms with Crippen molar-refractivity contribution in [3.8, 4) is 5.75 Å². The first-order valence-electron chi connectivity index (χ1n) is 5.28. The molecule has 0 saturated carbocycles. The molecule has 0 aliphatic heterocycles. The van der Waals surface area contributed by atoms with Crippen LogP contribution in [0.2, 0.25) is 0 Å². The third kappa shape index (κ3) is 4.34. The van der Waals surface area contributed by atoms with E-state index in [4.69, 9.17) is 16.2 Å². The van der Waals surface area contributed by atoms with Crippen LogP contribution in [0, 0.1) is 0 Å². The number of sulfone groups is 1. The van der Waals surface area contributed by atoms with E-state index >= 15 is 0 Å². The van der Waals surface area contributed by atoms with E-state index in [9.17, 15) is 13.2 Å². The van der Waals surface area contributed by atoms with Gasteiger partial charge in [-0.1, -0.05) is 6.07 Å². The summed E-state index contributed by atoms with van der Waals surface area (Å²) in [5.74, 6) is -0.182. The van der Waals surface area contributed by atoms with E-state index in [1.807, 2.05) is 0 Å². The van der Waals surface area contributed by atoms with Crippen LogP contribution in [0.1, 0.15) is 6.42 Å². The van der Waals surface area contributed by atoms with Crippen molar-refractivity contribution in [3.63, 3.8) is 0 Å². The van der Waals surface area contributed by atoms with Gasteiger partial charge in [-0.15, -0.1) is 0 Å². The highest BCUT2D eigenvalue weighted by Crippen LogP contribution is 2.17. The summed E-state index contributed by atoms with van der Waals surface area (Å²) in [5, 5.41) is 0. The van der Waals surface area contributed by atoms with Crippen LogP contribution in [0.5, 0.6) is 5.75 Å². The van der Waals surface area contributed by atoms with Crippen molar-refractivity contribution < 1.29 is 17.9 Å². The minimum atomic E-state index is -3.26. The molecule has 0 radical (unpaired) electrons. The fraction of sp³-hybridized carbons (Fsp3) is 0.364. The number of hydrogen-bond donors (Lipinski definition) is 2. The van der Waals surface area contributed by atoms with E-state index in [1.54, 1.807) is 12.1 Å². The number of carbonyl (C=O) groups is 1. The lowest BCUT2D eigenvalue weighted by Gasteiger charge is -2.10. The lowest BCUT2D eigenvalue weighted by atomic mass is 10.2. The Labute approximate surface area is 106 Å². The summed E-state index contributed by atoms with van der Waals surface area (Å²) in [5.41, 5.74) is 10.4. The molecule has 0 aromatic heterocycles. The molecular weight excluding hydrogens is 256 g/mol. The molecular formula is C11H16N2O4S. The van der Waals surface area contributed by atoms with Crippen molar-refractivity contribution in [2.75, 3.05) is 12.9 Å². The van der Waals surface area contributed by atoms with E-state index in [0.717, 1.165) is 6.26 Å². The van der Waals surface area contributed by atoms with Gasteiger partial charge in [0.1, 0.15) is 5.75 Å². The van der Waals surface area contributed by atoms with Gasteiger partial charge in [0, 0.05) is 12.7 Å². The topological polar surface area (TPSA) is 112 Å². The predicted molar refractivity (Wildman–Crippen MR) is 66.8 cm³/mol. The summed E-state index contributed by atoms with van der Waals surface area (Å²) in [6, 6.07) is 5.36. The Morgan fingerprint density at radius 1 is 1.44 bits per heavy atom. The van der Waals surface area contributed by atoms with Crippen molar-refractivity contribution in [2.45, 2.75) is 17.4 Å². The predicted octanol–water partition coefficient (Wildman–Crippen LogP) is -0.328. The Kier molecular flexibility index (Phi) is 4.69. The molecule has 1 atom stereocenters. The molecule has 0 bridgehead atoms. The molecule has 1 rings (SSSR count). The summed E-state index contributed by atoms with van der Waals surface area (Å²) < 4.78 is 27.9. The summed E-state index contributed by atoms with van der Waals surface area (Å²) in [4.78, 5) is 10.9. The monoisotopic (exact) mass is 272 g/mol. The molecule has 0 aliphatic carbocycles. The highest BCUT2D eigenvalue weighted by molar-refractivity contribution is 7.90.